The molecule has 0 saturated carbocycles. The van der Waals surface area contributed by atoms with Crippen molar-refractivity contribution in [3.05, 3.63) is 0 Å². The van der Waals surface area contributed by atoms with Crippen LogP contribution in [0.15, 0.2) is 0 Å². The Kier molecular flexibility index (Phi) is 3.66. The molecule has 0 aromatic rings. The molecule has 2 bridgehead atoms. The lowest BCUT2D eigenvalue weighted by atomic mass is 9.89. The lowest BCUT2D eigenvalue weighted by Crippen LogP contribution is -2.45. The Bertz CT molecular complexity index is 434. The lowest BCUT2D eigenvalue weighted by Gasteiger charge is -2.23. The maximum Gasteiger partial charge on any atom is 0.308 e. The van der Waals surface area contributed by atoms with Crippen molar-refractivity contribution in [2.24, 2.45) is 11.8 Å². The van der Waals surface area contributed by atoms with Crippen molar-refractivity contribution in [2.75, 3.05) is 6.54 Å². The van der Waals surface area contributed by atoms with Gasteiger partial charge in [0.05, 0.1) is 5.92 Å². The van der Waals surface area contributed by atoms with Crippen LogP contribution in [0.2, 0.25) is 0 Å². The van der Waals surface area contributed by atoms with Gasteiger partial charge in [-0.2, -0.15) is 12.7 Å². The molecule has 2 N–H and O–H groups in total. The maximum absolute atomic E-state index is 12.2. The van der Waals surface area contributed by atoms with E-state index in [-0.39, 0.29) is 18.0 Å². The number of carbonyl (C=O) groups is 1. The van der Waals surface area contributed by atoms with Crippen molar-refractivity contribution >= 4 is 16.2 Å². The van der Waals surface area contributed by atoms with E-state index in [0.29, 0.717) is 19.4 Å². The Labute approximate surface area is 108 Å². The number of rotatable bonds is 5. The SMILES string of the molecule is CC(C)CNS(=O)(=O)N1C2CCC1C(C(=O)O)C2. The Morgan fingerprint density at radius 1 is 1.44 bits per heavy atom. The van der Waals surface area contributed by atoms with Crippen LogP contribution >= 0.6 is 0 Å². The first kappa shape index (κ1) is 13.8. The van der Waals surface area contributed by atoms with Gasteiger partial charge in [-0.3, -0.25) is 4.79 Å². The number of carboxylic acids is 1. The van der Waals surface area contributed by atoms with Crippen LogP contribution in [0, 0.1) is 11.8 Å². The quantitative estimate of drug-likeness (QED) is 0.761. The highest BCUT2D eigenvalue weighted by Gasteiger charge is 2.54. The number of aliphatic carboxylic acids is 1. The summed E-state index contributed by atoms with van der Waals surface area (Å²) >= 11 is 0. The predicted molar refractivity (Wildman–Crippen MR) is 66.2 cm³/mol. The van der Waals surface area contributed by atoms with E-state index in [1.807, 2.05) is 13.8 Å². The zero-order valence-electron chi connectivity index (χ0n) is 10.7. The first-order valence-electron chi connectivity index (χ1n) is 6.34. The highest BCUT2D eigenvalue weighted by atomic mass is 32.2. The van der Waals surface area contributed by atoms with Crippen LogP contribution < -0.4 is 4.72 Å². The molecule has 7 heteroatoms. The summed E-state index contributed by atoms with van der Waals surface area (Å²) in [6.07, 6.45) is 1.88. The summed E-state index contributed by atoms with van der Waals surface area (Å²) in [5, 5.41) is 9.10. The van der Waals surface area contributed by atoms with E-state index < -0.39 is 22.1 Å². The lowest BCUT2D eigenvalue weighted by molar-refractivity contribution is -0.142. The van der Waals surface area contributed by atoms with Crippen molar-refractivity contribution in [1.29, 1.82) is 0 Å². The van der Waals surface area contributed by atoms with E-state index in [4.69, 9.17) is 5.11 Å². The average Bonchev–Trinajstić information content (AvgIpc) is 2.84. The van der Waals surface area contributed by atoms with Crippen molar-refractivity contribution in [3.63, 3.8) is 0 Å². The third-order valence-electron chi connectivity index (χ3n) is 3.74. The number of nitrogens with one attached hydrogen (secondary N) is 1. The van der Waals surface area contributed by atoms with Crippen LogP contribution in [-0.2, 0) is 15.0 Å². The smallest absolute Gasteiger partial charge is 0.308 e. The van der Waals surface area contributed by atoms with Crippen molar-refractivity contribution in [1.82, 2.24) is 9.03 Å². The number of hydrogen-bond acceptors (Lipinski definition) is 3. The van der Waals surface area contributed by atoms with Crippen LogP contribution in [0.4, 0.5) is 0 Å². The van der Waals surface area contributed by atoms with Gasteiger partial charge in [0, 0.05) is 18.6 Å². The number of hydrogen-bond donors (Lipinski definition) is 2. The minimum Gasteiger partial charge on any atom is -0.481 e. The molecule has 2 aliphatic heterocycles. The largest absolute Gasteiger partial charge is 0.481 e. The van der Waals surface area contributed by atoms with E-state index in [1.165, 1.54) is 4.31 Å². The molecule has 3 unspecified atom stereocenters. The fraction of sp³-hybridized carbons (Fsp3) is 0.909. The monoisotopic (exact) mass is 276 g/mol. The molecule has 2 heterocycles. The van der Waals surface area contributed by atoms with Gasteiger partial charge in [-0.15, -0.1) is 0 Å². The number of fused-ring (bicyclic) bond motifs is 2. The molecule has 2 rings (SSSR count). The molecular formula is C11H20N2O4S. The van der Waals surface area contributed by atoms with Crippen LogP contribution in [-0.4, -0.2) is 42.4 Å². The van der Waals surface area contributed by atoms with Crippen LogP contribution in [0.5, 0.6) is 0 Å². The molecule has 0 aliphatic carbocycles. The highest BCUT2D eigenvalue weighted by molar-refractivity contribution is 7.87. The zero-order chi connectivity index (χ0) is 13.5. The summed E-state index contributed by atoms with van der Waals surface area (Å²) in [6, 6.07) is -0.502. The summed E-state index contributed by atoms with van der Waals surface area (Å²) in [7, 11) is -3.54. The van der Waals surface area contributed by atoms with Gasteiger partial charge in [0.1, 0.15) is 0 Å². The maximum atomic E-state index is 12.2. The minimum absolute atomic E-state index is 0.138. The second-order valence-corrected chi connectivity index (χ2v) is 7.22. The van der Waals surface area contributed by atoms with Gasteiger partial charge in [-0.1, -0.05) is 13.8 Å². The first-order valence-corrected chi connectivity index (χ1v) is 7.78. The normalized spacial score (nSPS) is 32.3. The van der Waals surface area contributed by atoms with Crippen LogP contribution in [0.1, 0.15) is 33.1 Å². The summed E-state index contributed by atoms with van der Waals surface area (Å²) < 4.78 is 28.3. The molecule has 0 aromatic heterocycles. The summed E-state index contributed by atoms with van der Waals surface area (Å²) in [5.74, 6) is -1.19. The van der Waals surface area contributed by atoms with Gasteiger partial charge in [-0.05, 0) is 25.2 Å². The molecule has 3 atom stereocenters. The fourth-order valence-corrected chi connectivity index (χ4v) is 4.81. The predicted octanol–water partition coefficient (Wildman–Crippen LogP) is 0.414. The van der Waals surface area contributed by atoms with Crippen LogP contribution in [0.3, 0.4) is 0 Å². The molecule has 2 aliphatic rings. The minimum atomic E-state index is -3.54. The number of nitrogens with zero attached hydrogens (tertiary/aromatic N) is 1. The van der Waals surface area contributed by atoms with E-state index in [0.717, 1.165) is 6.42 Å². The molecule has 2 fully saturated rings. The zero-order valence-corrected chi connectivity index (χ0v) is 11.5. The van der Waals surface area contributed by atoms with Crippen molar-refractivity contribution < 1.29 is 18.3 Å². The van der Waals surface area contributed by atoms with Crippen molar-refractivity contribution in [3.8, 4) is 0 Å². The summed E-state index contributed by atoms with van der Waals surface area (Å²) in [5.41, 5.74) is 0. The average molecular weight is 276 g/mol. The fourth-order valence-electron chi connectivity index (χ4n) is 2.93. The van der Waals surface area contributed by atoms with Gasteiger partial charge < -0.3 is 5.11 Å². The number of carboxylic acid groups (broad SMARTS) is 1. The van der Waals surface area contributed by atoms with Gasteiger partial charge in [-0.25, -0.2) is 4.72 Å². The van der Waals surface area contributed by atoms with Gasteiger partial charge in [0.2, 0.25) is 0 Å². The molecule has 18 heavy (non-hydrogen) atoms. The van der Waals surface area contributed by atoms with E-state index in [2.05, 4.69) is 4.72 Å². The second kappa shape index (κ2) is 4.79. The Morgan fingerprint density at radius 3 is 2.61 bits per heavy atom. The van der Waals surface area contributed by atoms with E-state index in [9.17, 15) is 13.2 Å². The van der Waals surface area contributed by atoms with E-state index >= 15 is 0 Å². The third kappa shape index (κ3) is 2.39. The highest BCUT2D eigenvalue weighted by Crippen LogP contribution is 2.43. The summed E-state index contributed by atoms with van der Waals surface area (Å²) in [6.45, 7) is 4.25. The Morgan fingerprint density at radius 2 is 2.11 bits per heavy atom. The topological polar surface area (TPSA) is 86.7 Å². The molecule has 0 radical (unpaired) electrons. The molecule has 0 amide bonds. The first-order chi connectivity index (χ1) is 8.33. The molecular weight excluding hydrogens is 256 g/mol. The molecule has 0 aromatic carbocycles. The molecule has 104 valence electrons. The Balaban J connectivity index is 2.12. The van der Waals surface area contributed by atoms with Crippen LogP contribution in [0.25, 0.3) is 0 Å². The van der Waals surface area contributed by atoms with Crippen molar-refractivity contribution in [2.45, 2.75) is 45.2 Å². The standard InChI is InChI=1S/C11H20N2O4S/c1-7(2)6-12-18(16,17)13-8-3-4-10(13)9(5-8)11(14)15/h7-10,12H,3-6H2,1-2H3,(H,14,15). The third-order valence-corrected chi connectivity index (χ3v) is 5.40. The van der Waals surface area contributed by atoms with E-state index in [1.54, 1.807) is 0 Å². The van der Waals surface area contributed by atoms with Gasteiger partial charge in [0.15, 0.2) is 0 Å². The molecule has 6 nitrogen and oxygen atoms in total. The second-order valence-electron chi connectivity index (χ2n) is 5.56. The Hall–Kier alpha value is -0.660. The van der Waals surface area contributed by atoms with Gasteiger partial charge >= 0.3 is 5.97 Å². The molecule has 0 spiro atoms. The molecule has 2 saturated heterocycles. The van der Waals surface area contributed by atoms with Gasteiger partial charge in [0.25, 0.3) is 10.2 Å². The summed E-state index contributed by atoms with van der Waals surface area (Å²) in [4.78, 5) is 11.1.